The maximum Gasteiger partial charge on any atom is 0.174 e. The Hall–Kier alpha value is -1.83. The van der Waals surface area contributed by atoms with Gasteiger partial charge in [0.15, 0.2) is 5.79 Å². The van der Waals surface area contributed by atoms with Crippen LogP contribution in [-0.2, 0) is 9.47 Å². The van der Waals surface area contributed by atoms with Gasteiger partial charge in [0.1, 0.15) is 5.76 Å². The van der Waals surface area contributed by atoms with E-state index in [1.165, 1.54) is 5.57 Å². The first-order chi connectivity index (χ1) is 15.3. The number of hydrogen-bond donors (Lipinski definition) is 1. The number of nitriles is 1. The second-order valence-corrected chi connectivity index (χ2v) is 11.3. The molecule has 5 aliphatic rings. The number of rotatable bonds is 4. The molecule has 0 aromatic carbocycles. The first-order valence-electron chi connectivity index (χ1n) is 12.4. The van der Waals surface area contributed by atoms with E-state index in [1.807, 2.05) is 12.2 Å². The Kier molecular flexibility index (Phi) is 5.04. The van der Waals surface area contributed by atoms with Gasteiger partial charge in [0.25, 0.3) is 0 Å². The van der Waals surface area contributed by atoms with E-state index in [0.29, 0.717) is 55.8 Å². The van der Waals surface area contributed by atoms with Gasteiger partial charge in [-0.15, -0.1) is 13.2 Å². The van der Waals surface area contributed by atoms with Crippen LogP contribution in [0.5, 0.6) is 0 Å². The minimum absolute atomic E-state index is 0.0520. The maximum atomic E-state index is 11.3. The van der Waals surface area contributed by atoms with E-state index in [9.17, 15) is 10.4 Å². The molecular formula is C28H37NO3. The summed E-state index contributed by atoms with van der Waals surface area (Å²) < 4.78 is 12.6. The topological polar surface area (TPSA) is 62.5 Å². The van der Waals surface area contributed by atoms with Crippen LogP contribution in [0.1, 0.15) is 65.2 Å². The van der Waals surface area contributed by atoms with Crippen LogP contribution in [0.2, 0.25) is 0 Å². The summed E-state index contributed by atoms with van der Waals surface area (Å²) in [6.45, 7) is 14.2. The molecule has 1 saturated heterocycles. The molecule has 0 aromatic heterocycles. The summed E-state index contributed by atoms with van der Waals surface area (Å²) in [7, 11) is 0. The summed E-state index contributed by atoms with van der Waals surface area (Å²) in [5, 5.41) is 21.3. The fourth-order valence-electron chi connectivity index (χ4n) is 8.90. The van der Waals surface area contributed by atoms with Crippen molar-refractivity contribution < 1.29 is 14.6 Å². The molecular weight excluding hydrogens is 398 g/mol. The zero-order chi connectivity index (χ0) is 22.8. The van der Waals surface area contributed by atoms with Crippen molar-refractivity contribution in [2.75, 3.05) is 13.2 Å². The Morgan fingerprint density at radius 3 is 2.41 bits per heavy atom. The minimum atomic E-state index is -0.581. The summed E-state index contributed by atoms with van der Waals surface area (Å²) >= 11 is 0. The Labute approximate surface area is 192 Å². The molecule has 1 aliphatic heterocycles. The third-order valence-electron chi connectivity index (χ3n) is 10.2. The summed E-state index contributed by atoms with van der Waals surface area (Å²) in [6.07, 6.45) is 13.4. The van der Waals surface area contributed by atoms with E-state index in [-0.39, 0.29) is 16.6 Å². The van der Waals surface area contributed by atoms with Crippen molar-refractivity contribution in [1.82, 2.24) is 0 Å². The van der Waals surface area contributed by atoms with Crippen LogP contribution in [0, 0.1) is 45.3 Å². The van der Waals surface area contributed by atoms with Gasteiger partial charge in [0.2, 0.25) is 0 Å². The lowest BCUT2D eigenvalue weighted by atomic mass is 9.44. The zero-order valence-electron chi connectivity index (χ0n) is 19.7. The highest BCUT2D eigenvalue weighted by Crippen LogP contribution is 2.71. The molecule has 172 valence electrons. The van der Waals surface area contributed by atoms with Crippen molar-refractivity contribution in [2.24, 2.45) is 34.0 Å². The molecule has 3 fully saturated rings. The molecule has 0 aromatic rings. The molecule has 0 bridgehead atoms. The summed E-state index contributed by atoms with van der Waals surface area (Å²) in [5.74, 6) is 1.45. The number of aliphatic hydroxyl groups is 1. The summed E-state index contributed by atoms with van der Waals surface area (Å²) in [4.78, 5) is 0. The van der Waals surface area contributed by atoms with E-state index >= 15 is 0 Å². The third-order valence-corrected chi connectivity index (χ3v) is 10.2. The second kappa shape index (κ2) is 7.34. The summed E-state index contributed by atoms with van der Waals surface area (Å²) in [5.41, 5.74) is 1.19. The van der Waals surface area contributed by atoms with Gasteiger partial charge in [0.05, 0.1) is 30.3 Å². The van der Waals surface area contributed by atoms with Crippen molar-refractivity contribution >= 4 is 0 Å². The summed E-state index contributed by atoms with van der Waals surface area (Å²) in [6, 6.07) is 2.37. The molecule has 0 amide bonds. The number of hydrogen-bond acceptors (Lipinski definition) is 4. The van der Waals surface area contributed by atoms with E-state index in [2.05, 4.69) is 39.2 Å². The first-order valence-corrected chi connectivity index (χ1v) is 12.4. The van der Waals surface area contributed by atoms with Gasteiger partial charge in [-0.05, 0) is 68.1 Å². The van der Waals surface area contributed by atoms with Crippen LogP contribution in [0.3, 0.4) is 0 Å². The van der Waals surface area contributed by atoms with Crippen molar-refractivity contribution in [3.8, 4) is 6.07 Å². The first kappa shape index (κ1) is 22.0. The van der Waals surface area contributed by atoms with Crippen LogP contribution in [-0.4, -0.2) is 24.1 Å². The molecule has 0 radical (unpaired) electrons. The third kappa shape index (κ3) is 2.56. The van der Waals surface area contributed by atoms with Gasteiger partial charge in [-0.3, -0.25) is 0 Å². The number of ether oxygens (including phenoxy) is 2. The van der Waals surface area contributed by atoms with Gasteiger partial charge in [0, 0.05) is 11.8 Å². The smallest absolute Gasteiger partial charge is 0.174 e. The van der Waals surface area contributed by atoms with Gasteiger partial charge in [-0.2, -0.15) is 5.26 Å². The zero-order valence-corrected chi connectivity index (χ0v) is 19.7. The van der Waals surface area contributed by atoms with Crippen molar-refractivity contribution in [1.29, 1.82) is 5.26 Å². The number of nitrogens with zero attached hydrogens (tertiary/aromatic N) is 1. The van der Waals surface area contributed by atoms with Crippen LogP contribution >= 0.6 is 0 Å². The molecule has 32 heavy (non-hydrogen) atoms. The fourth-order valence-corrected chi connectivity index (χ4v) is 8.90. The average Bonchev–Trinajstić information content (AvgIpc) is 3.37. The van der Waals surface area contributed by atoms with E-state index in [0.717, 1.165) is 32.1 Å². The maximum absolute atomic E-state index is 11.3. The minimum Gasteiger partial charge on any atom is -0.510 e. The van der Waals surface area contributed by atoms with E-state index in [4.69, 9.17) is 9.47 Å². The van der Waals surface area contributed by atoms with Gasteiger partial charge < -0.3 is 14.6 Å². The lowest BCUT2D eigenvalue weighted by Gasteiger charge is -2.60. The highest BCUT2D eigenvalue weighted by Gasteiger charge is 2.67. The van der Waals surface area contributed by atoms with E-state index in [1.54, 1.807) is 0 Å². The highest BCUT2D eigenvalue weighted by molar-refractivity contribution is 5.47. The van der Waals surface area contributed by atoms with Gasteiger partial charge in [-0.25, -0.2) is 0 Å². The van der Waals surface area contributed by atoms with Crippen LogP contribution in [0.4, 0.5) is 0 Å². The van der Waals surface area contributed by atoms with E-state index < -0.39 is 11.2 Å². The molecule has 1 spiro atoms. The lowest BCUT2D eigenvalue weighted by Crippen LogP contribution is -2.56. The Balaban J connectivity index is 1.59. The predicted octanol–water partition coefficient (Wildman–Crippen LogP) is 6.39. The Bertz CT molecular complexity index is 923. The monoisotopic (exact) mass is 435 g/mol. The molecule has 4 heteroatoms. The Morgan fingerprint density at radius 2 is 1.78 bits per heavy atom. The molecule has 4 aliphatic carbocycles. The molecule has 4 nitrogen and oxygen atoms in total. The van der Waals surface area contributed by atoms with Crippen molar-refractivity contribution in [2.45, 2.75) is 71.0 Å². The molecule has 5 atom stereocenters. The quantitative estimate of drug-likeness (QED) is 0.520. The van der Waals surface area contributed by atoms with Crippen LogP contribution in [0.25, 0.3) is 0 Å². The lowest BCUT2D eigenvalue weighted by molar-refractivity contribution is -0.242. The molecule has 1 N–H and O–H groups in total. The standard InChI is InChI=1S/C28H37NO3/c1-5-11-27(12-6-2)23-8-7-20-21(25(23,3)17-19(18-29)24(27)30)9-13-26(4)22(20)10-14-28(26)31-15-16-32-28/h5-6,8,20-22,30H,1-2,7,9-17H2,3-4H3/t20?,21?,22-,25?,26?/m0/s1. The number of aliphatic hydroxyl groups excluding tert-OH is 1. The second-order valence-electron chi connectivity index (χ2n) is 11.3. The van der Waals surface area contributed by atoms with Gasteiger partial charge >= 0.3 is 0 Å². The average molecular weight is 436 g/mol. The highest BCUT2D eigenvalue weighted by atomic mass is 16.7. The van der Waals surface area contributed by atoms with Crippen molar-refractivity contribution in [3.63, 3.8) is 0 Å². The van der Waals surface area contributed by atoms with Crippen LogP contribution < -0.4 is 0 Å². The molecule has 5 rings (SSSR count). The molecule has 2 saturated carbocycles. The number of allylic oxidation sites excluding steroid dienone is 5. The fraction of sp³-hybridized carbons (Fsp3) is 0.679. The molecule has 1 heterocycles. The van der Waals surface area contributed by atoms with Crippen molar-refractivity contribution in [3.05, 3.63) is 48.3 Å². The Morgan fingerprint density at radius 1 is 1.12 bits per heavy atom. The van der Waals surface area contributed by atoms with Gasteiger partial charge in [-0.1, -0.05) is 37.6 Å². The predicted molar refractivity (Wildman–Crippen MR) is 124 cm³/mol. The van der Waals surface area contributed by atoms with Crippen LogP contribution in [0.15, 0.2) is 48.3 Å². The largest absolute Gasteiger partial charge is 0.510 e. The normalized spacial score (nSPS) is 41.3. The SMILES string of the molecule is C=CCC1(CC=C)C2=CCC3C(CCC4(C)[C@H]3CCC43OCCO3)C2(C)CC(C#N)=C1O. The molecule has 4 unspecified atom stereocenters. The number of fused-ring (bicyclic) bond motifs is 6.